The minimum atomic E-state index is 0.660. The maximum Gasteiger partial charge on any atom is 0.182 e. The van der Waals surface area contributed by atoms with E-state index in [1.807, 2.05) is 52.7 Å². The smallest absolute Gasteiger partial charge is 0.182 e. The summed E-state index contributed by atoms with van der Waals surface area (Å²) in [5, 5.41) is 1.65. The summed E-state index contributed by atoms with van der Waals surface area (Å²) < 4.78 is 14.6. The fourth-order valence-corrected chi connectivity index (χ4v) is 3.52. The molecule has 1 aromatic carbocycles. The molecule has 132 valence electrons. The standard InChI is InChI=1S/C18H17N5O2S/c1-22-8-6-20-17(22)26-18-21-13(11-16-19-7-9-23(16)18)12-4-5-14(24-2)15(10-12)25-3/h4-11H,1-3H3. The molecule has 26 heavy (non-hydrogen) atoms. The molecule has 7 nitrogen and oxygen atoms in total. The van der Waals surface area contributed by atoms with Crippen molar-refractivity contribution in [1.82, 2.24) is 23.9 Å². The van der Waals surface area contributed by atoms with E-state index in [0.29, 0.717) is 11.5 Å². The molecule has 0 aliphatic carbocycles. The molecule has 0 saturated carbocycles. The number of aromatic nitrogens is 5. The maximum absolute atomic E-state index is 5.41. The van der Waals surface area contributed by atoms with Gasteiger partial charge >= 0.3 is 0 Å². The Morgan fingerprint density at radius 3 is 2.46 bits per heavy atom. The Morgan fingerprint density at radius 1 is 0.923 bits per heavy atom. The van der Waals surface area contributed by atoms with Gasteiger partial charge in [-0.15, -0.1) is 0 Å². The molecule has 3 heterocycles. The summed E-state index contributed by atoms with van der Waals surface area (Å²) in [7, 11) is 5.20. The highest BCUT2D eigenvalue weighted by atomic mass is 32.2. The first kappa shape index (κ1) is 16.5. The summed E-state index contributed by atoms with van der Waals surface area (Å²) in [6.07, 6.45) is 7.33. The SMILES string of the molecule is COc1ccc(-c2cc3nccn3c(Sc3nccn3C)n2)cc1OC. The molecular weight excluding hydrogens is 350 g/mol. The van der Waals surface area contributed by atoms with Crippen LogP contribution in [0, 0.1) is 0 Å². The van der Waals surface area contributed by atoms with E-state index < -0.39 is 0 Å². The van der Waals surface area contributed by atoms with Gasteiger partial charge in [0.05, 0.1) is 19.9 Å². The number of fused-ring (bicyclic) bond motifs is 1. The van der Waals surface area contributed by atoms with E-state index in [1.165, 1.54) is 11.8 Å². The number of hydrogen-bond acceptors (Lipinski definition) is 6. The molecule has 0 spiro atoms. The minimum absolute atomic E-state index is 0.660. The molecular formula is C18H17N5O2S. The van der Waals surface area contributed by atoms with Crippen molar-refractivity contribution in [1.29, 1.82) is 0 Å². The molecule has 0 amide bonds. The topological polar surface area (TPSA) is 66.5 Å². The zero-order valence-electron chi connectivity index (χ0n) is 14.6. The summed E-state index contributed by atoms with van der Waals surface area (Å²) in [5.74, 6) is 1.34. The van der Waals surface area contributed by atoms with Crippen molar-refractivity contribution >= 4 is 17.4 Å². The van der Waals surface area contributed by atoms with Crippen molar-refractivity contribution in [2.24, 2.45) is 7.05 Å². The molecule has 0 aliphatic rings. The second-order valence-corrected chi connectivity index (χ2v) is 6.51. The molecule has 0 fully saturated rings. The predicted octanol–water partition coefficient (Wildman–Crippen LogP) is 3.30. The van der Waals surface area contributed by atoms with E-state index in [4.69, 9.17) is 14.5 Å². The van der Waals surface area contributed by atoms with Crippen LogP contribution in [0.25, 0.3) is 16.9 Å². The summed E-state index contributed by atoms with van der Waals surface area (Å²) in [6.45, 7) is 0. The maximum atomic E-state index is 5.41. The zero-order valence-corrected chi connectivity index (χ0v) is 15.4. The number of rotatable bonds is 5. The van der Waals surface area contributed by atoms with Crippen LogP contribution < -0.4 is 9.47 Å². The number of benzene rings is 1. The Hall–Kier alpha value is -3.00. The summed E-state index contributed by atoms with van der Waals surface area (Å²) in [5.41, 5.74) is 2.55. The molecule has 0 saturated heterocycles. The van der Waals surface area contributed by atoms with E-state index >= 15 is 0 Å². The highest BCUT2D eigenvalue weighted by Crippen LogP contribution is 2.33. The molecule has 8 heteroatoms. The third-order valence-electron chi connectivity index (χ3n) is 4.00. The Labute approximate surface area is 154 Å². The number of aryl methyl sites for hydroxylation is 1. The highest BCUT2D eigenvalue weighted by molar-refractivity contribution is 7.99. The van der Waals surface area contributed by atoms with Crippen LogP contribution in [0.4, 0.5) is 0 Å². The van der Waals surface area contributed by atoms with Gasteiger partial charge in [0.1, 0.15) is 5.65 Å². The predicted molar refractivity (Wildman–Crippen MR) is 98.9 cm³/mol. The van der Waals surface area contributed by atoms with Gasteiger partial charge in [-0.25, -0.2) is 15.0 Å². The molecule has 0 unspecified atom stereocenters. The molecule has 0 aliphatic heterocycles. The molecule has 0 atom stereocenters. The van der Waals surface area contributed by atoms with E-state index in [-0.39, 0.29) is 0 Å². The summed E-state index contributed by atoms with van der Waals surface area (Å²) in [4.78, 5) is 13.6. The first-order valence-corrected chi connectivity index (χ1v) is 8.73. The summed E-state index contributed by atoms with van der Waals surface area (Å²) >= 11 is 1.49. The van der Waals surface area contributed by atoms with Crippen molar-refractivity contribution in [3.63, 3.8) is 0 Å². The van der Waals surface area contributed by atoms with Crippen LogP contribution in [0.3, 0.4) is 0 Å². The van der Waals surface area contributed by atoms with Gasteiger partial charge in [-0.05, 0) is 30.0 Å². The van der Waals surface area contributed by atoms with Gasteiger partial charge in [0.15, 0.2) is 21.8 Å². The van der Waals surface area contributed by atoms with Crippen molar-refractivity contribution in [2.45, 2.75) is 10.3 Å². The quantitative estimate of drug-likeness (QED) is 0.504. The lowest BCUT2D eigenvalue weighted by molar-refractivity contribution is 0.355. The van der Waals surface area contributed by atoms with Gasteiger partial charge in [0.2, 0.25) is 0 Å². The number of nitrogens with zero attached hydrogens (tertiary/aromatic N) is 5. The fourth-order valence-electron chi connectivity index (χ4n) is 2.64. The van der Waals surface area contributed by atoms with Crippen LogP contribution >= 0.6 is 11.8 Å². The van der Waals surface area contributed by atoms with Crippen LogP contribution in [-0.2, 0) is 7.05 Å². The third kappa shape index (κ3) is 2.88. The van der Waals surface area contributed by atoms with Gasteiger partial charge < -0.3 is 14.0 Å². The van der Waals surface area contributed by atoms with Crippen molar-refractivity contribution in [2.75, 3.05) is 14.2 Å². The lowest BCUT2D eigenvalue weighted by Crippen LogP contribution is -1.99. The van der Waals surface area contributed by atoms with E-state index in [0.717, 1.165) is 27.2 Å². The lowest BCUT2D eigenvalue weighted by atomic mass is 10.1. The second-order valence-electron chi connectivity index (χ2n) is 5.57. The van der Waals surface area contributed by atoms with Crippen LogP contribution in [0.5, 0.6) is 11.5 Å². The van der Waals surface area contributed by atoms with Crippen molar-refractivity contribution < 1.29 is 9.47 Å². The average molecular weight is 367 g/mol. The third-order valence-corrected chi connectivity index (χ3v) is 5.04. The Balaban J connectivity index is 1.82. The van der Waals surface area contributed by atoms with Gasteiger partial charge in [0.25, 0.3) is 0 Å². The molecule has 3 aromatic heterocycles. The van der Waals surface area contributed by atoms with Gasteiger partial charge in [-0.3, -0.25) is 4.40 Å². The fraction of sp³-hybridized carbons (Fsp3) is 0.167. The lowest BCUT2D eigenvalue weighted by Gasteiger charge is -2.11. The number of imidazole rings is 2. The molecule has 0 radical (unpaired) electrons. The highest BCUT2D eigenvalue weighted by Gasteiger charge is 2.13. The number of hydrogen-bond donors (Lipinski definition) is 0. The van der Waals surface area contributed by atoms with Crippen LogP contribution in [-0.4, -0.2) is 38.1 Å². The molecule has 0 N–H and O–H groups in total. The van der Waals surface area contributed by atoms with Crippen LogP contribution in [0.2, 0.25) is 0 Å². The molecule has 4 rings (SSSR count). The largest absolute Gasteiger partial charge is 0.493 e. The van der Waals surface area contributed by atoms with E-state index in [1.54, 1.807) is 26.6 Å². The number of methoxy groups -OCH3 is 2. The van der Waals surface area contributed by atoms with Gasteiger partial charge in [-0.2, -0.15) is 0 Å². The number of ether oxygens (including phenoxy) is 2. The van der Waals surface area contributed by atoms with Crippen LogP contribution in [0.1, 0.15) is 0 Å². The zero-order chi connectivity index (χ0) is 18.1. The molecule has 4 aromatic rings. The van der Waals surface area contributed by atoms with Crippen molar-refractivity contribution in [3.8, 4) is 22.8 Å². The molecule has 0 bridgehead atoms. The second kappa shape index (κ2) is 6.72. The Bertz CT molecular complexity index is 1070. The van der Waals surface area contributed by atoms with Crippen molar-refractivity contribution in [3.05, 3.63) is 49.1 Å². The first-order chi connectivity index (χ1) is 12.7. The normalized spacial score (nSPS) is 11.0. The minimum Gasteiger partial charge on any atom is -0.493 e. The monoisotopic (exact) mass is 367 g/mol. The first-order valence-electron chi connectivity index (χ1n) is 7.91. The van der Waals surface area contributed by atoms with E-state index in [2.05, 4.69) is 9.97 Å². The average Bonchev–Trinajstić information content (AvgIpc) is 3.30. The van der Waals surface area contributed by atoms with Gasteiger partial charge in [0, 0.05) is 43.5 Å². The van der Waals surface area contributed by atoms with Gasteiger partial charge in [-0.1, -0.05) is 0 Å². The van der Waals surface area contributed by atoms with Crippen LogP contribution in [0.15, 0.2) is 59.4 Å². The Kier molecular flexibility index (Phi) is 4.26. The Morgan fingerprint density at radius 2 is 1.73 bits per heavy atom. The van der Waals surface area contributed by atoms with E-state index in [9.17, 15) is 0 Å². The summed E-state index contributed by atoms with van der Waals surface area (Å²) in [6, 6.07) is 7.69.